The van der Waals surface area contributed by atoms with Gasteiger partial charge < -0.3 is 19.4 Å². The molecule has 84 valence electrons. The topological polar surface area (TPSA) is 79.9 Å². The highest BCUT2D eigenvalue weighted by molar-refractivity contribution is 5.88. The Morgan fingerprint density at radius 1 is 1.25 bits per heavy atom. The highest BCUT2D eigenvalue weighted by Gasteiger charge is 2.16. The van der Waals surface area contributed by atoms with Crippen molar-refractivity contribution in [2.75, 3.05) is 7.11 Å². The zero-order chi connectivity index (χ0) is 11.9. The van der Waals surface area contributed by atoms with E-state index in [0.717, 1.165) is 0 Å². The van der Waals surface area contributed by atoms with Crippen molar-refractivity contribution in [1.82, 2.24) is 0 Å². The third-order valence-corrected chi connectivity index (χ3v) is 2.27. The number of hydrogen-bond donors (Lipinski definition) is 2. The highest BCUT2D eigenvalue weighted by atomic mass is 16.5. The van der Waals surface area contributed by atoms with E-state index in [1.165, 1.54) is 19.2 Å². The molecule has 1 heterocycles. The molecule has 2 aromatic rings. The minimum absolute atomic E-state index is 0.0519. The van der Waals surface area contributed by atoms with Gasteiger partial charge in [-0.2, -0.15) is 0 Å². The Hall–Kier alpha value is -2.17. The molecule has 0 unspecified atom stereocenters. The SMILES string of the molecule is COc1cc2oc(C)cc(=O)c2c(O)c1O. The summed E-state index contributed by atoms with van der Waals surface area (Å²) in [5.74, 6) is -0.516. The van der Waals surface area contributed by atoms with Gasteiger partial charge in [0.15, 0.2) is 16.9 Å². The first-order valence-corrected chi connectivity index (χ1v) is 4.58. The molecule has 1 aromatic carbocycles. The predicted molar refractivity (Wildman–Crippen MR) is 57.1 cm³/mol. The first-order chi connectivity index (χ1) is 7.54. The van der Waals surface area contributed by atoms with Crippen molar-refractivity contribution >= 4 is 11.0 Å². The summed E-state index contributed by atoms with van der Waals surface area (Å²) in [7, 11) is 1.34. The molecule has 1 aromatic heterocycles. The quantitative estimate of drug-likeness (QED) is 0.715. The van der Waals surface area contributed by atoms with Crippen LogP contribution in [0.4, 0.5) is 0 Å². The highest BCUT2D eigenvalue weighted by Crippen LogP contribution is 2.40. The van der Waals surface area contributed by atoms with Crippen LogP contribution >= 0.6 is 0 Å². The molecule has 0 radical (unpaired) electrons. The van der Waals surface area contributed by atoms with Gasteiger partial charge in [-0.3, -0.25) is 4.79 Å². The molecular formula is C11H10O5. The summed E-state index contributed by atoms with van der Waals surface area (Å²) in [4.78, 5) is 11.6. The van der Waals surface area contributed by atoms with Crippen LogP contribution in [0.25, 0.3) is 11.0 Å². The molecule has 5 heteroatoms. The maximum absolute atomic E-state index is 11.6. The zero-order valence-corrected chi connectivity index (χ0v) is 8.77. The second-order valence-electron chi connectivity index (χ2n) is 3.37. The van der Waals surface area contributed by atoms with Crippen molar-refractivity contribution in [2.45, 2.75) is 6.92 Å². The number of methoxy groups -OCH3 is 1. The van der Waals surface area contributed by atoms with Crippen LogP contribution in [0.5, 0.6) is 17.2 Å². The number of fused-ring (bicyclic) bond motifs is 1. The number of aryl methyl sites for hydroxylation is 1. The van der Waals surface area contributed by atoms with E-state index in [9.17, 15) is 15.0 Å². The van der Waals surface area contributed by atoms with Gasteiger partial charge in [0.05, 0.1) is 7.11 Å². The summed E-state index contributed by atoms with van der Waals surface area (Å²) in [6.45, 7) is 1.62. The number of phenols is 2. The first-order valence-electron chi connectivity index (χ1n) is 4.58. The van der Waals surface area contributed by atoms with Crippen LogP contribution in [0.15, 0.2) is 21.3 Å². The lowest BCUT2D eigenvalue weighted by molar-refractivity contribution is 0.352. The first kappa shape index (κ1) is 10.4. The van der Waals surface area contributed by atoms with Crippen molar-refractivity contribution in [3.8, 4) is 17.2 Å². The second kappa shape index (κ2) is 3.44. The van der Waals surface area contributed by atoms with E-state index in [0.29, 0.717) is 5.76 Å². The average molecular weight is 222 g/mol. The Morgan fingerprint density at radius 2 is 1.94 bits per heavy atom. The van der Waals surface area contributed by atoms with Crippen LogP contribution in [-0.2, 0) is 0 Å². The molecule has 0 aliphatic rings. The maximum atomic E-state index is 11.6. The summed E-state index contributed by atoms with van der Waals surface area (Å²) in [5.41, 5.74) is -0.230. The molecular weight excluding hydrogens is 212 g/mol. The monoisotopic (exact) mass is 222 g/mol. The fraction of sp³-hybridized carbons (Fsp3) is 0.182. The van der Waals surface area contributed by atoms with Gasteiger partial charge in [0.2, 0.25) is 5.75 Å². The summed E-state index contributed by atoms with van der Waals surface area (Å²) in [5, 5.41) is 19.1. The van der Waals surface area contributed by atoms with Gasteiger partial charge in [-0.25, -0.2) is 0 Å². The number of ether oxygens (including phenoxy) is 1. The fourth-order valence-electron chi connectivity index (χ4n) is 1.55. The lowest BCUT2D eigenvalue weighted by Gasteiger charge is -2.07. The zero-order valence-electron chi connectivity index (χ0n) is 8.77. The lowest BCUT2D eigenvalue weighted by Crippen LogP contribution is -2.01. The van der Waals surface area contributed by atoms with E-state index in [2.05, 4.69) is 0 Å². The van der Waals surface area contributed by atoms with E-state index < -0.39 is 16.9 Å². The van der Waals surface area contributed by atoms with Crippen LogP contribution in [0.1, 0.15) is 5.76 Å². The fourth-order valence-corrected chi connectivity index (χ4v) is 1.55. The number of aromatic hydroxyl groups is 2. The van der Waals surface area contributed by atoms with Crippen LogP contribution in [0, 0.1) is 6.92 Å². The van der Waals surface area contributed by atoms with Crippen molar-refractivity contribution in [2.24, 2.45) is 0 Å². The van der Waals surface area contributed by atoms with Gasteiger partial charge in [-0.1, -0.05) is 0 Å². The van der Waals surface area contributed by atoms with Crippen molar-refractivity contribution < 1.29 is 19.4 Å². The minimum Gasteiger partial charge on any atom is -0.504 e. The van der Waals surface area contributed by atoms with Gasteiger partial charge in [0.1, 0.15) is 16.7 Å². The molecule has 16 heavy (non-hydrogen) atoms. The Labute approximate surface area is 90.5 Å². The van der Waals surface area contributed by atoms with E-state index >= 15 is 0 Å². The van der Waals surface area contributed by atoms with E-state index in [1.807, 2.05) is 0 Å². The Balaban J connectivity index is 2.98. The maximum Gasteiger partial charge on any atom is 0.201 e. The normalized spacial score (nSPS) is 10.6. The van der Waals surface area contributed by atoms with E-state index in [4.69, 9.17) is 9.15 Å². The van der Waals surface area contributed by atoms with Crippen LogP contribution < -0.4 is 10.2 Å². The second-order valence-corrected chi connectivity index (χ2v) is 3.37. The standard InChI is InChI=1S/C11H10O5/c1-5-3-6(12)9-7(16-5)4-8(15-2)10(13)11(9)14/h3-4,13-14H,1-2H3. The largest absolute Gasteiger partial charge is 0.504 e. The number of phenolic OH excluding ortho intramolecular Hbond substituents is 2. The summed E-state index contributed by atoms with van der Waals surface area (Å²) >= 11 is 0. The molecule has 5 nitrogen and oxygen atoms in total. The summed E-state index contributed by atoms with van der Waals surface area (Å²) in [6, 6.07) is 2.60. The molecule has 0 saturated carbocycles. The van der Waals surface area contributed by atoms with Crippen molar-refractivity contribution in [3.63, 3.8) is 0 Å². The Morgan fingerprint density at radius 3 is 2.56 bits per heavy atom. The van der Waals surface area contributed by atoms with Gasteiger partial charge in [0, 0.05) is 12.1 Å². The van der Waals surface area contributed by atoms with Crippen LogP contribution in [-0.4, -0.2) is 17.3 Å². The molecule has 0 fully saturated rings. The van der Waals surface area contributed by atoms with Gasteiger partial charge >= 0.3 is 0 Å². The predicted octanol–water partition coefficient (Wildman–Crippen LogP) is 1.52. The molecule has 0 aliphatic carbocycles. The lowest BCUT2D eigenvalue weighted by atomic mass is 10.1. The van der Waals surface area contributed by atoms with Crippen LogP contribution in [0.3, 0.4) is 0 Å². The van der Waals surface area contributed by atoms with Crippen molar-refractivity contribution in [3.05, 3.63) is 28.1 Å². The van der Waals surface area contributed by atoms with Gasteiger partial charge in [-0.05, 0) is 6.92 Å². The Bertz CT molecular complexity index is 612. The molecule has 0 amide bonds. The number of benzene rings is 1. The van der Waals surface area contributed by atoms with Crippen LogP contribution in [0.2, 0.25) is 0 Å². The summed E-state index contributed by atoms with van der Waals surface area (Å²) in [6.07, 6.45) is 0. The third kappa shape index (κ3) is 1.37. The minimum atomic E-state index is -0.525. The van der Waals surface area contributed by atoms with E-state index in [-0.39, 0.29) is 16.7 Å². The number of hydrogen-bond acceptors (Lipinski definition) is 5. The number of rotatable bonds is 1. The molecule has 0 aliphatic heterocycles. The van der Waals surface area contributed by atoms with E-state index in [1.54, 1.807) is 6.92 Å². The van der Waals surface area contributed by atoms with Gasteiger partial charge in [-0.15, -0.1) is 0 Å². The molecule has 0 saturated heterocycles. The third-order valence-electron chi connectivity index (χ3n) is 2.27. The average Bonchev–Trinajstić information content (AvgIpc) is 2.22. The molecule has 0 spiro atoms. The van der Waals surface area contributed by atoms with Crippen molar-refractivity contribution in [1.29, 1.82) is 0 Å². The smallest absolute Gasteiger partial charge is 0.201 e. The molecule has 0 atom stereocenters. The Kier molecular flexibility index (Phi) is 2.23. The molecule has 2 N–H and O–H groups in total. The summed E-state index contributed by atoms with van der Waals surface area (Å²) < 4.78 is 10.1. The van der Waals surface area contributed by atoms with Gasteiger partial charge in [0.25, 0.3) is 0 Å². The molecule has 2 rings (SSSR count). The molecule has 0 bridgehead atoms.